The topological polar surface area (TPSA) is 47.3 Å². The van der Waals surface area contributed by atoms with E-state index in [1.54, 1.807) is 18.2 Å². The zero-order chi connectivity index (χ0) is 14.0. The summed E-state index contributed by atoms with van der Waals surface area (Å²) < 4.78 is 18.3. The first-order chi connectivity index (χ1) is 9.01. The fraction of sp³-hybridized carbons (Fsp3) is 0.0769. The predicted molar refractivity (Wildman–Crippen MR) is 77.1 cm³/mol. The van der Waals surface area contributed by atoms with Crippen LogP contribution in [0, 0.1) is 5.82 Å². The maximum Gasteiger partial charge on any atom is 0.167 e. The van der Waals surface area contributed by atoms with Gasteiger partial charge in [0, 0.05) is 17.2 Å². The average Bonchev–Trinajstić information content (AvgIpc) is 2.35. The Kier molecular flexibility index (Phi) is 4.02. The van der Waals surface area contributed by atoms with Gasteiger partial charge in [0.05, 0.1) is 29.2 Å². The molecule has 100 valence electrons. The summed E-state index contributed by atoms with van der Waals surface area (Å²) >= 11 is 11.9. The number of nitrogens with two attached hydrogens (primary N) is 1. The average molecular weight is 301 g/mol. The van der Waals surface area contributed by atoms with Gasteiger partial charge in [-0.05, 0) is 18.2 Å². The molecule has 0 radical (unpaired) electrons. The summed E-state index contributed by atoms with van der Waals surface area (Å²) in [5.74, 6) is -0.422. The van der Waals surface area contributed by atoms with Crippen molar-refractivity contribution >= 4 is 40.3 Å². The molecule has 3 N–H and O–H groups in total. The lowest BCUT2D eigenvalue weighted by Gasteiger charge is -2.13. The van der Waals surface area contributed by atoms with Crippen LogP contribution in [0.3, 0.4) is 0 Å². The number of hydrogen-bond acceptors (Lipinski definition) is 3. The smallest absolute Gasteiger partial charge is 0.167 e. The van der Waals surface area contributed by atoms with Crippen molar-refractivity contribution in [2.45, 2.75) is 0 Å². The zero-order valence-corrected chi connectivity index (χ0v) is 11.5. The number of halogens is 3. The molecule has 2 rings (SSSR count). The van der Waals surface area contributed by atoms with Crippen LogP contribution >= 0.6 is 23.2 Å². The molecular weight excluding hydrogens is 290 g/mol. The van der Waals surface area contributed by atoms with Gasteiger partial charge >= 0.3 is 0 Å². The SMILES string of the molecule is COc1cc(Nc2ccc(Cl)cc2Cl)c(N)cc1F. The van der Waals surface area contributed by atoms with Crippen LogP contribution in [-0.4, -0.2) is 7.11 Å². The Morgan fingerprint density at radius 2 is 1.89 bits per heavy atom. The normalized spacial score (nSPS) is 10.3. The summed E-state index contributed by atoms with van der Waals surface area (Å²) in [6.07, 6.45) is 0. The summed E-state index contributed by atoms with van der Waals surface area (Å²) in [6, 6.07) is 7.65. The van der Waals surface area contributed by atoms with E-state index in [9.17, 15) is 4.39 Å². The van der Waals surface area contributed by atoms with Gasteiger partial charge in [0.15, 0.2) is 11.6 Å². The maximum atomic E-state index is 13.4. The molecule has 0 aromatic heterocycles. The van der Waals surface area contributed by atoms with Gasteiger partial charge < -0.3 is 15.8 Å². The number of nitrogens with one attached hydrogen (secondary N) is 1. The number of hydrogen-bond donors (Lipinski definition) is 2. The van der Waals surface area contributed by atoms with Crippen LogP contribution in [0.1, 0.15) is 0 Å². The Morgan fingerprint density at radius 1 is 1.16 bits per heavy atom. The summed E-state index contributed by atoms with van der Waals surface area (Å²) in [4.78, 5) is 0. The van der Waals surface area contributed by atoms with E-state index >= 15 is 0 Å². The second kappa shape index (κ2) is 5.55. The first-order valence-electron chi connectivity index (χ1n) is 5.36. The van der Waals surface area contributed by atoms with E-state index in [2.05, 4.69) is 5.32 Å². The van der Waals surface area contributed by atoms with Gasteiger partial charge in [-0.2, -0.15) is 0 Å². The first kappa shape index (κ1) is 13.8. The second-order valence-electron chi connectivity index (χ2n) is 3.82. The summed E-state index contributed by atoms with van der Waals surface area (Å²) in [5, 5.41) is 3.98. The third kappa shape index (κ3) is 3.03. The van der Waals surface area contributed by atoms with E-state index in [0.717, 1.165) is 0 Å². The summed E-state index contributed by atoms with van der Waals surface area (Å²) in [7, 11) is 1.38. The molecule has 0 atom stereocenters. The lowest BCUT2D eigenvalue weighted by Crippen LogP contribution is -1.99. The highest BCUT2D eigenvalue weighted by atomic mass is 35.5. The van der Waals surface area contributed by atoms with Crippen molar-refractivity contribution in [3.05, 3.63) is 46.2 Å². The number of methoxy groups -OCH3 is 1. The molecule has 0 unspecified atom stereocenters. The molecular formula is C13H11Cl2FN2O. The predicted octanol–water partition coefficient (Wildman–Crippen LogP) is 4.47. The highest BCUT2D eigenvalue weighted by Crippen LogP contribution is 2.33. The Labute approximate surface area is 120 Å². The highest BCUT2D eigenvalue weighted by molar-refractivity contribution is 6.36. The molecule has 2 aromatic rings. The molecule has 0 aliphatic heterocycles. The van der Waals surface area contributed by atoms with Crippen molar-refractivity contribution in [1.82, 2.24) is 0 Å². The number of ether oxygens (including phenoxy) is 1. The van der Waals surface area contributed by atoms with Gasteiger partial charge in [-0.3, -0.25) is 0 Å². The second-order valence-corrected chi connectivity index (χ2v) is 4.67. The third-order valence-electron chi connectivity index (χ3n) is 2.52. The number of nitrogen functional groups attached to an aromatic ring is 1. The molecule has 0 saturated heterocycles. The highest BCUT2D eigenvalue weighted by Gasteiger charge is 2.10. The molecule has 0 amide bonds. The van der Waals surface area contributed by atoms with E-state index in [4.69, 9.17) is 33.7 Å². The van der Waals surface area contributed by atoms with Gasteiger partial charge in [-0.1, -0.05) is 23.2 Å². The number of benzene rings is 2. The van der Waals surface area contributed by atoms with Gasteiger partial charge in [-0.25, -0.2) is 4.39 Å². The molecule has 0 spiro atoms. The molecule has 0 aliphatic rings. The van der Waals surface area contributed by atoms with Crippen molar-refractivity contribution in [2.24, 2.45) is 0 Å². The minimum atomic E-state index is -0.521. The standard InChI is InChI=1S/C13H11Cl2FN2O/c1-19-13-6-12(10(17)5-9(13)16)18-11-3-2-7(14)4-8(11)15/h2-6,18H,17H2,1H3. The minimum Gasteiger partial charge on any atom is -0.494 e. The van der Waals surface area contributed by atoms with E-state index in [1.165, 1.54) is 19.2 Å². The Balaban J connectivity index is 2.37. The monoisotopic (exact) mass is 300 g/mol. The lowest BCUT2D eigenvalue weighted by molar-refractivity contribution is 0.387. The minimum absolute atomic E-state index is 0.0989. The Bertz CT molecular complexity index is 620. The molecule has 0 fully saturated rings. The van der Waals surface area contributed by atoms with Gasteiger partial charge in [0.25, 0.3) is 0 Å². The van der Waals surface area contributed by atoms with Crippen molar-refractivity contribution in [3.63, 3.8) is 0 Å². The van der Waals surface area contributed by atoms with Crippen molar-refractivity contribution < 1.29 is 9.13 Å². The lowest BCUT2D eigenvalue weighted by atomic mass is 10.2. The number of anilines is 3. The Morgan fingerprint density at radius 3 is 2.53 bits per heavy atom. The van der Waals surface area contributed by atoms with E-state index in [1.807, 2.05) is 0 Å². The van der Waals surface area contributed by atoms with Crippen LogP contribution in [0.4, 0.5) is 21.5 Å². The van der Waals surface area contributed by atoms with Crippen LogP contribution in [0.5, 0.6) is 5.75 Å². The summed E-state index contributed by atoms with van der Waals surface area (Å²) in [6.45, 7) is 0. The number of rotatable bonds is 3. The maximum absolute atomic E-state index is 13.4. The van der Waals surface area contributed by atoms with Crippen LogP contribution in [0.25, 0.3) is 0 Å². The quantitative estimate of drug-likeness (QED) is 0.822. The van der Waals surface area contributed by atoms with E-state index < -0.39 is 5.82 Å². The van der Waals surface area contributed by atoms with Crippen molar-refractivity contribution in [1.29, 1.82) is 0 Å². The molecule has 0 bridgehead atoms. The van der Waals surface area contributed by atoms with Crippen LogP contribution in [0.15, 0.2) is 30.3 Å². The largest absolute Gasteiger partial charge is 0.494 e. The van der Waals surface area contributed by atoms with Crippen molar-refractivity contribution in [3.8, 4) is 5.75 Å². The van der Waals surface area contributed by atoms with Gasteiger partial charge in [0.1, 0.15) is 0 Å². The van der Waals surface area contributed by atoms with Gasteiger partial charge in [0.2, 0.25) is 0 Å². The van der Waals surface area contributed by atoms with E-state index in [0.29, 0.717) is 21.4 Å². The third-order valence-corrected chi connectivity index (χ3v) is 3.07. The van der Waals surface area contributed by atoms with Crippen LogP contribution in [0.2, 0.25) is 10.0 Å². The molecule has 0 saturated carbocycles. The zero-order valence-electron chi connectivity index (χ0n) is 10.0. The fourth-order valence-electron chi connectivity index (χ4n) is 1.57. The fourth-order valence-corrected chi connectivity index (χ4v) is 2.03. The molecule has 2 aromatic carbocycles. The van der Waals surface area contributed by atoms with E-state index in [-0.39, 0.29) is 11.4 Å². The molecule has 19 heavy (non-hydrogen) atoms. The molecule has 6 heteroatoms. The first-order valence-corrected chi connectivity index (χ1v) is 6.12. The molecule has 3 nitrogen and oxygen atoms in total. The van der Waals surface area contributed by atoms with Gasteiger partial charge in [-0.15, -0.1) is 0 Å². The van der Waals surface area contributed by atoms with Crippen molar-refractivity contribution in [2.75, 3.05) is 18.2 Å². The summed E-state index contributed by atoms with van der Waals surface area (Å²) in [5.41, 5.74) is 7.12. The Hall–Kier alpha value is -1.65. The molecule has 0 heterocycles. The van der Waals surface area contributed by atoms with Crippen LogP contribution in [-0.2, 0) is 0 Å². The van der Waals surface area contributed by atoms with Crippen LogP contribution < -0.4 is 15.8 Å². The molecule has 0 aliphatic carbocycles.